The van der Waals surface area contributed by atoms with Gasteiger partial charge in [0.1, 0.15) is 12.7 Å². The Morgan fingerprint density at radius 2 is 1.71 bits per heavy atom. The molecule has 0 saturated heterocycles. The zero-order valence-corrected chi connectivity index (χ0v) is 15.7. The van der Waals surface area contributed by atoms with Crippen LogP contribution in [0.4, 0.5) is 22.0 Å². The van der Waals surface area contributed by atoms with Crippen LogP contribution in [0, 0.1) is 5.92 Å². The molecule has 1 saturated carbocycles. The Labute approximate surface area is 158 Å². The maximum atomic E-state index is 13.1. The Bertz CT molecular complexity index is 687. The fourth-order valence-electron chi connectivity index (χ4n) is 2.74. The van der Waals surface area contributed by atoms with Crippen LogP contribution in [-0.2, 0) is 24.4 Å². The highest BCUT2D eigenvalue weighted by atomic mass is 32.2. The zero-order chi connectivity index (χ0) is 22.0. The molecule has 164 valence electrons. The van der Waals surface area contributed by atoms with Gasteiger partial charge in [-0.1, -0.05) is 13.0 Å². The minimum Gasteiger partial charge on any atom is -0.459 e. The standard InChI is InChI=1S/C15H21F5O7S/c1-9(7-26-8-14(16,17)28(23,24)25)12(21)27-11-6-4-3-5-10(11)13(2,22)15(18,19)20/h10-11,22H,1,3-8H2,2H3,(H,23,24,25). The number of hydrogen-bond donors (Lipinski definition) is 2. The first kappa shape index (κ1) is 24.7. The van der Waals surface area contributed by atoms with Crippen LogP contribution >= 0.6 is 0 Å². The molecular formula is C15H21F5O7S. The third-order valence-electron chi connectivity index (χ3n) is 4.47. The van der Waals surface area contributed by atoms with Crippen LogP contribution in [0.25, 0.3) is 0 Å². The molecule has 2 N–H and O–H groups in total. The van der Waals surface area contributed by atoms with E-state index in [9.17, 15) is 40.3 Å². The van der Waals surface area contributed by atoms with Crippen LogP contribution in [0.5, 0.6) is 0 Å². The van der Waals surface area contributed by atoms with Crippen molar-refractivity contribution in [2.75, 3.05) is 13.2 Å². The van der Waals surface area contributed by atoms with Crippen molar-refractivity contribution in [2.45, 2.75) is 55.7 Å². The van der Waals surface area contributed by atoms with Gasteiger partial charge in [0.15, 0.2) is 5.60 Å². The predicted octanol–water partition coefficient (Wildman–Crippen LogP) is 2.46. The number of ether oxygens (including phenoxy) is 2. The Hall–Kier alpha value is -1.31. The lowest BCUT2D eigenvalue weighted by Gasteiger charge is -2.41. The SMILES string of the molecule is C=C(COCC(F)(F)S(=O)(=O)O)C(=O)OC1CCCCC1C(C)(O)C(F)(F)F. The molecule has 0 heterocycles. The number of hydrogen-bond acceptors (Lipinski definition) is 6. The summed E-state index contributed by atoms with van der Waals surface area (Å²) in [5.74, 6) is -2.66. The molecule has 0 spiro atoms. The first-order chi connectivity index (χ1) is 12.5. The summed E-state index contributed by atoms with van der Waals surface area (Å²) in [6, 6.07) is 0. The van der Waals surface area contributed by atoms with Crippen molar-refractivity contribution in [2.24, 2.45) is 5.92 Å². The molecule has 1 aliphatic rings. The van der Waals surface area contributed by atoms with E-state index in [0.29, 0.717) is 19.8 Å². The summed E-state index contributed by atoms with van der Waals surface area (Å²) < 4.78 is 104. The molecule has 0 amide bonds. The van der Waals surface area contributed by atoms with E-state index in [1.165, 1.54) is 0 Å². The molecule has 0 bridgehead atoms. The molecule has 1 fully saturated rings. The lowest BCUT2D eigenvalue weighted by Crippen LogP contribution is -2.54. The maximum absolute atomic E-state index is 13.1. The van der Waals surface area contributed by atoms with E-state index in [1.807, 2.05) is 0 Å². The maximum Gasteiger partial charge on any atom is 0.417 e. The van der Waals surface area contributed by atoms with Crippen LogP contribution in [-0.4, -0.2) is 60.4 Å². The number of halogens is 5. The van der Waals surface area contributed by atoms with Gasteiger partial charge in [0.05, 0.1) is 12.2 Å². The highest BCUT2D eigenvalue weighted by molar-refractivity contribution is 7.86. The largest absolute Gasteiger partial charge is 0.459 e. The van der Waals surface area contributed by atoms with Crippen molar-refractivity contribution >= 4 is 16.1 Å². The summed E-state index contributed by atoms with van der Waals surface area (Å²) in [5, 5.41) is 5.26. The molecule has 0 aromatic carbocycles. The summed E-state index contributed by atoms with van der Waals surface area (Å²) >= 11 is 0. The molecule has 0 radical (unpaired) electrons. The molecule has 13 heteroatoms. The third kappa shape index (κ3) is 5.84. The highest BCUT2D eigenvalue weighted by Gasteiger charge is 2.57. The molecule has 0 aromatic heterocycles. The smallest absolute Gasteiger partial charge is 0.417 e. The van der Waals surface area contributed by atoms with Gasteiger partial charge in [0, 0.05) is 5.92 Å². The number of rotatable bonds is 8. The van der Waals surface area contributed by atoms with E-state index in [-0.39, 0.29) is 12.8 Å². The van der Waals surface area contributed by atoms with Gasteiger partial charge in [0.2, 0.25) is 0 Å². The van der Waals surface area contributed by atoms with Crippen molar-refractivity contribution in [3.8, 4) is 0 Å². The van der Waals surface area contributed by atoms with E-state index < -0.39 is 63.9 Å². The first-order valence-electron chi connectivity index (χ1n) is 8.11. The zero-order valence-electron chi connectivity index (χ0n) is 14.8. The summed E-state index contributed by atoms with van der Waals surface area (Å²) in [7, 11) is -5.72. The Kier molecular flexibility index (Phi) is 7.59. The fraction of sp³-hybridized carbons (Fsp3) is 0.800. The Balaban J connectivity index is 2.70. The van der Waals surface area contributed by atoms with E-state index in [4.69, 9.17) is 9.29 Å². The fourth-order valence-corrected chi connectivity index (χ4v) is 2.97. The van der Waals surface area contributed by atoms with E-state index in [0.717, 1.165) is 0 Å². The van der Waals surface area contributed by atoms with Crippen molar-refractivity contribution < 1.29 is 54.3 Å². The van der Waals surface area contributed by atoms with Crippen molar-refractivity contribution in [1.29, 1.82) is 0 Å². The molecule has 0 aliphatic heterocycles. The topological polar surface area (TPSA) is 110 Å². The van der Waals surface area contributed by atoms with Crippen molar-refractivity contribution in [1.82, 2.24) is 0 Å². The van der Waals surface area contributed by atoms with Crippen molar-refractivity contribution in [3.63, 3.8) is 0 Å². The van der Waals surface area contributed by atoms with Gasteiger partial charge in [0.25, 0.3) is 0 Å². The number of carbonyl (C=O) groups excluding carboxylic acids is 1. The van der Waals surface area contributed by atoms with E-state index in [2.05, 4.69) is 11.3 Å². The van der Waals surface area contributed by atoms with Gasteiger partial charge in [-0.05, 0) is 26.2 Å². The average Bonchev–Trinajstić information content (AvgIpc) is 2.52. The minimum atomic E-state index is -5.72. The van der Waals surface area contributed by atoms with Gasteiger partial charge in [-0.15, -0.1) is 0 Å². The average molecular weight is 440 g/mol. The summed E-state index contributed by atoms with van der Waals surface area (Å²) in [6.45, 7) is 1.10. The second-order valence-electron chi connectivity index (χ2n) is 6.69. The molecule has 7 nitrogen and oxygen atoms in total. The van der Waals surface area contributed by atoms with E-state index in [1.54, 1.807) is 0 Å². The summed E-state index contributed by atoms with van der Waals surface area (Å²) in [4.78, 5) is 12.0. The number of carbonyl (C=O) groups is 1. The van der Waals surface area contributed by atoms with Crippen LogP contribution in [0.1, 0.15) is 32.6 Å². The molecule has 1 aliphatic carbocycles. The van der Waals surface area contributed by atoms with Gasteiger partial charge in [-0.3, -0.25) is 4.55 Å². The number of esters is 1. The van der Waals surface area contributed by atoms with Crippen LogP contribution in [0.15, 0.2) is 12.2 Å². The number of alkyl halides is 5. The molecule has 1 rings (SSSR count). The summed E-state index contributed by atoms with van der Waals surface area (Å²) in [6.07, 6.45) is -5.40. The van der Waals surface area contributed by atoms with E-state index >= 15 is 0 Å². The second-order valence-corrected chi connectivity index (χ2v) is 8.24. The minimum absolute atomic E-state index is 0.0476. The van der Waals surface area contributed by atoms with Crippen LogP contribution in [0.2, 0.25) is 0 Å². The number of aliphatic hydroxyl groups is 1. The normalized spacial score (nSPS) is 23.7. The molecule has 0 aromatic rings. The van der Waals surface area contributed by atoms with Crippen LogP contribution < -0.4 is 0 Å². The molecular weight excluding hydrogens is 419 g/mol. The first-order valence-corrected chi connectivity index (χ1v) is 9.55. The van der Waals surface area contributed by atoms with Gasteiger partial charge in [-0.2, -0.15) is 30.4 Å². The highest BCUT2D eigenvalue weighted by Crippen LogP contribution is 2.43. The molecule has 28 heavy (non-hydrogen) atoms. The van der Waals surface area contributed by atoms with Gasteiger partial charge < -0.3 is 14.6 Å². The lowest BCUT2D eigenvalue weighted by molar-refractivity contribution is -0.285. The Morgan fingerprint density at radius 1 is 1.18 bits per heavy atom. The van der Waals surface area contributed by atoms with Crippen molar-refractivity contribution in [3.05, 3.63) is 12.2 Å². The van der Waals surface area contributed by atoms with Gasteiger partial charge >= 0.3 is 27.5 Å². The third-order valence-corrected chi connectivity index (χ3v) is 5.34. The Morgan fingerprint density at radius 3 is 2.21 bits per heavy atom. The van der Waals surface area contributed by atoms with Gasteiger partial charge in [-0.25, -0.2) is 4.79 Å². The monoisotopic (exact) mass is 440 g/mol. The molecule has 3 atom stereocenters. The second kappa shape index (κ2) is 8.59. The molecule has 3 unspecified atom stereocenters. The summed E-state index contributed by atoms with van der Waals surface area (Å²) in [5.41, 5.74) is -3.66. The predicted molar refractivity (Wildman–Crippen MR) is 85.0 cm³/mol. The van der Waals surface area contributed by atoms with Crippen LogP contribution in [0.3, 0.4) is 0 Å². The quantitative estimate of drug-likeness (QED) is 0.258. The lowest BCUT2D eigenvalue weighted by atomic mass is 9.75.